The van der Waals surface area contributed by atoms with Gasteiger partial charge in [-0.15, -0.1) is 0 Å². The molecule has 92 valence electrons. The Bertz CT molecular complexity index is 641. The first-order chi connectivity index (χ1) is 8.69. The van der Waals surface area contributed by atoms with E-state index in [-0.39, 0.29) is 5.69 Å². The minimum absolute atomic E-state index is 0.120. The topological polar surface area (TPSA) is 60.7 Å². The van der Waals surface area contributed by atoms with E-state index in [1.54, 1.807) is 10.6 Å². The molecule has 1 fully saturated rings. The molecule has 0 bridgehead atoms. The zero-order valence-electron chi connectivity index (χ0n) is 9.92. The monoisotopic (exact) mass is 244 g/mol. The fraction of sp³-hybridized carbons (Fsp3) is 0.308. The van der Waals surface area contributed by atoms with E-state index in [0.717, 1.165) is 0 Å². The summed E-state index contributed by atoms with van der Waals surface area (Å²) in [6.07, 6.45) is 5.97. The van der Waals surface area contributed by atoms with Crippen LogP contribution in [0.1, 0.15) is 34.8 Å². The first-order valence-electron chi connectivity index (χ1n) is 5.80. The lowest BCUT2D eigenvalue weighted by molar-refractivity contribution is -0.135. The van der Waals surface area contributed by atoms with Gasteiger partial charge in [-0.3, -0.25) is 4.79 Å². The SMILES string of the molecule is COC(=O)C(=O)c1cn2cc(C3CC3)ccc2n1. The number of carbonyl (C=O) groups excluding carboxylic acids is 2. The Labute approximate surface area is 103 Å². The largest absolute Gasteiger partial charge is 0.463 e. The summed E-state index contributed by atoms with van der Waals surface area (Å²) < 4.78 is 6.18. The van der Waals surface area contributed by atoms with Crippen molar-refractivity contribution in [2.24, 2.45) is 0 Å². The zero-order valence-corrected chi connectivity index (χ0v) is 9.92. The van der Waals surface area contributed by atoms with E-state index >= 15 is 0 Å². The highest BCUT2D eigenvalue weighted by Gasteiger charge is 2.24. The number of nitrogens with zero attached hydrogens (tertiary/aromatic N) is 2. The lowest BCUT2D eigenvalue weighted by Crippen LogP contribution is -2.15. The minimum atomic E-state index is -0.888. The van der Waals surface area contributed by atoms with Crippen LogP contribution in [0.4, 0.5) is 0 Å². The Balaban J connectivity index is 2.00. The second-order valence-electron chi connectivity index (χ2n) is 4.45. The van der Waals surface area contributed by atoms with Crippen LogP contribution in [-0.4, -0.2) is 28.2 Å². The van der Waals surface area contributed by atoms with Crippen molar-refractivity contribution >= 4 is 17.4 Å². The van der Waals surface area contributed by atoms with E-state index in [1.807, 2.05) is 18.3 Å². The molecular weight excluding hydrogens is 232 g/mol. The molecule has 1 aliphatic rings. The molecule has 0 aromatic carbocycles. The summed E-state index contributed by atoms with van der Waals surface area (Å²) in [5, 5.41) is 0. The fourth-order valence-corrected chi connectivity index (χ4v) is 1.97. The Morgan fingerprint density at radius 3 is 2.78 bits per heavy atom. The van der Waals surface area contributed by atoms with Gasteiger partial charge in [-0.05, 0) is 30.4 Å². The van der Waals surface area contributed by atoms with Crippen molar-refractivity contribution in [2.75, 3.05) is 7.11 Å². The number of hydrogen-bond donors (Lipinski definition) is 0. The van der Waals surface area contributed by atoms with E-state index in [0.29, 0.717) is 11.6 Å². The third-order valence-corrected chi connectivity index (χ3v) is 3.13. The predicted octanol–water partition coefficient (Wildman–Crippen LogP) is 1.57. The summed E-state index contributed by atoms with van der Waals surface area (Å²) in [5.41, 5.74) is 2.03. The maximum Gasteiger partial charge on any atom is 0.381 e. The average molecular weight is 244 g/mol. The zero-order chi connectivity index (χ0) is 12.7. The maximum absolute atomic E-state index is 11.6. The predicted molar refractivity (Wildman–Crippen MR) is 63.5 cm³/mol. The standard InChI is InChI=1S/C13H12N2O3/c1-18-13(17)12(16)10-7-15-6-9(8-2-3-8)4-5-11(15)14-10/h4-8H,2-3H2,1H3. The Morgan fingerprint density at radius 2 is 2.11 bits per heavy atom. The molecule has 1 saturated carbocycles. The van der Waals surface area contributed by atoms with Crippen LogP contribution >= 0.6 is 0 Å². The molecule has 0 spiro atoms. The highest BCUT2D eigenvalue weighted by atomic mass is 16.5. The number of esters is 1. The number of pyridine rings is 1. The Kier molecular flexibility index (Phi) is 2.40. The summed E-state index contributed by atoms with van der Waals surface area (Å²) >= 11 is 0. The van der Waals surface area contributed by atoms with Crippen molar-refractivity contribution in [1.29, 1.82) is 0 Å². The van der Waals surface area contributed by atoms with Crippen LogP contribution in [0.2, 0.25) is 0 Å². The van der Waals surface area contributed by atoms with Gasteiger partial charge >= 0.3 is 5.97 Å². The Morgan fingerprint density at radius 1 is 1.33 bits per heavy atom. The quantitative estimate of drug-likeness (QED) is 0.467. The smallest absolute Gasteiger partial charge is 0.381 e. The number of hydrogen-bond acceptors (Lipinski definition) is 4. The van der Waals surface area contributed by atoms with Crippen LogP contribution < -0.4 is 0 Å². The van der Waals surface area contributed by atoms with E-state index in [9.17, 15) is 9.59 Å². The molecule has 1 aliphatic carbocycles. The van der Waals surface area contributed by atoms with Gasteiger partial charge in [-0.25, -0.2) is 9.78 Å². The second-order valence-corrected chi connectivity index (χ2v) is 4.45. The van der Waals surface area contributed by atoms with E-state index < -0.39 is 11.8 Å². The van der Waals surface area contributed by atoms with Crippen molar-refractivity contribution in [2.45, 2.75) is 18.8 Å². The summed E-state index contributed by atoms with van der Waals surface area (Å²) in [6, 6.07) is 3.88. The molecule has 0 saturated heterocycles. The van der Waals surface area contributed by atoms with Crippen LogP contribution in [0.3, 0.4) is 0 Å². The van der Waals surface area contributed by atoms with Gasteiger partial charge in [0.25, 0.3) is 5.78 Å². The molecular formula is C13H12N2O3. The summed E-state index contributed by atoms with van der Waals surface area (Å²) in [6.45, 7) is 0. The third-order valence-electron chi connectivity index (χ3n) is 3.13. The molecule has 5 nitrogen and oxygen atoms in total. The number of methoxy groups -OCH3 is 1. The van der Waals surface area contributed by atoms with Gasteiger partial charge in [0.2, 0.25) is 0 Å². The first-order valence-corrected chi connectivity index (χ1v) is 5.80. The van der Waals surface area contributed by atoms with E-state index in [2.05, 4.69) is 9.72 Å². The van der Waals surface area contributed by atoms with Gasteiger partial charge in [0, 0.05) is 12.4 Å². The molecule has 0 radical (unpaired) electrons. The van der Waals surface area contributed by atoms with Crippen LogP contribution in [0.25, 0.3) is 5.65 Å². The maximum atomic E-state index is 11.6. The number of ether oxygens (including phenoxy) is 1. The number of Topliss-reactive ketones (excluding diaryl/α,β-unsaturated/α-hetero) is 1. The molecule has 0 unspecified atom stereocenters. The molecule has 2 aromatic heterocycles. The van der Waals surface area contributed by atoms with Gasteiger partial charge in [0.15, 0.2) is 0 Å². The summed E-state index contributed by atoms with van der Waals surface area (Å²) in [7, 11) is 1.18. The van der Waals surface area contributed by atoms with E-state index in [4.69, 9.17) is 0 Å². The molecule has 5 heteroatoms. The van der Waals surface area contributed by atoms with Crippen molar-refractivity contribution in [3.8, 4) is 0 Å². The van der Waals surface area contributed by atoms with Gasteiger partial charge < -0.3 is 9.14 Å². The highest BCUT2D eigenvalue weighted by Crippen LogP contribution is 2.39. The van der Waals surface area contributed by atoms with Gasteiger partial charge in [-0.2, -0.15) is 0 Å². The van der Waals surface area contributed by atoms with Crippen LogP contribution in [0, 0.1) is 0 Å². The molecule has 18 heavy (non-hydrogen) atoms. The Hall–Kier alpha value is -2.17. The molecule has 3 rings (SSSR count). The van der Waals surface area contributed by atoms with Crippen molar-refractivity contribution in [3.63, 3.8) is 0 Å². The van der Waals surface area contributed by atoms with Crippen molar-refractivity contribution in [1.82, 2.24) is 9.38 Å². The van der Waals surface area contributed by atoms with Crippen molar-refractivity contribution < 1.29 is 14.3 Å². The first kappa shape index (κ1) is 11.0. The lowest BCUT2D eigenvalue weighted by Gasteiger charge is -1.98. The van der Waals surface area contributed by atoms with Crippen molar-refractivity contribution in [3.05, 3.63) is 35.8 Å². The van der Waals surface area contributed by atoms with Crippen LogP contribution in [-0.2, 0) is 9.53 Å². The highest BCUT2D eigenvalue weighted by molar-refractivity contribution is 6.40. The number of carbonyl (C=O) groups is 2. The normalized spacial score (nSPS) is 14.7. The molecule has 2 heterocycles. The molecule has 2 aromatic rings. The number of rotatable bonds is 3. The average Bonchev–Trinajstić information content (AvgIpc) is 3.15. The fourth-order valence-electron chi connectivity index (χ4n) is 1.97. The summed E-state index contributed by atoms with van der Waals surface area (Å²) in [5.74, 6) is -0.966. The molecule has 0 aliphatic heterocycles. The number of imidazole rings is 1. The van der Waals surface area contributed by atoms with Gasteiger partial charge in [-0.1, -0.05) is 6.07 Å². The second kappa shape index (κ2) is 3.94. The number of ketones is 1. The number of aromatic nitrogens is 2. The third kappa shape index (κ3) is 1.77. The minimum Gasteiger partial charge on any atom is -0.463 e. The lowest BCUT2D eigenvalue weighted by atomic mass is 10.2. The number of fused-ring (bicyclic) bond motifs is 1. The van der Waals surface area contributed by atoms with Crippen LogP contribution in [0.15, 0.2) is 24.5 Å². The molecule has 0 amide bonds. The summed E-state index contributed by atoms with van der Waals surface area (Å²) in [4.78, 5) is 26.9. The van der Waals surface area contributed by atoms with Gasteiger partial charge in [0.05, 0.1) is 7.11 Å². The van der Waals surface area contributed by atoms with E-state index in [1.165, 1.54) is 25.5 Å². The molecule has 0 atom stereocenters. The molecule has 0 N–H and O–H groups in total. The van der Waals surface area contributed by atoms with Gasteiger partial charge in [0.1, 0.15) is 11.3 Å². The van der Waals surface area contributed by atoms with Crippen LogP contribution in [0.5, 0.6) is 0 Å².